The van der Waals surface area contributed by atoms with Gasteiger partial charge in [-0.1, -0.05) is 79.9 Å². The molecular formula is C38H49ClN6O4. The predicted molar refractivity (Wildman–Crippen MR) is 198 cm³/mol. The predicted octanol–water partition coefficient (Wildman–Crippen LogP) is 4.77. The molecule has 3 atom stereocenters. The minimum atomic E-state index is -0.607. The van der Waals surface area contributed by atoms with E-state index in [-0.39, 0.29) is 35.7 Å². The first-order chi connectivity index (χ1) is 23.6. The minimum Gasteiger partial charge on any atom is -0.481 e. The Labute approximate surface area is 295 Å². The smallest absolute Gasteiger partial charge is 0.238 e. The van der Waals surface area contributed by atoms with Gasteiger partial charge >= 0.3 is 0 Å². The summed E-state index contributed by atoms with van der Waals surface area (Å²) in [6, 6.07) is 0.357. The number of allylic oxidation sites excluding steroid dienone is 11. The summed E-state index contributed by atoms with van der Waals surface area (Å²) in [7, 11) is 1.56. The molecule has 1 saturated carbocycles. The maximum Gasteiger partial charge on any atom is 0.238 e. The number of ether oxygens (including phenoxy) is 1. The Hall–Kier alpha value is -4.09. The summed E-state index contributed by atoms with van der Waals surface area (Å²) >= 11 is 6.93. The molecule has 3 heterocycles. The van der Waals surface area contributed by atoms with Crippen molar-refractivity contribution in [1.82, 2.24) is 20.9 Å². The van der Waals surface area contributed by atoms with E-state index in [1.54, 1.807) is 48.7 Å². The molecule has 0 aromatic carbocycles. The fraction of sp³-hybridized carbons (Fsp3) is 0.421. The van der Waals surface area contributed by atoms with Crippen LogP contribution in [-0.4, -0.2) is 84.8 Å². The van der Waals surface area contributed by atoms with Crippen LogP contribution in [0.4, 0.5) is 0 Å². The zero-order valence-corrected chi connectivity index (χ0v) is 29.3. The Balaban J connectivity index is 1.38. The van der Waals surface area contributed by atoms with E-state index < -0.39 is 5.60 Å². The van der Waals surface area contributed by atoms with Crippen molar-refractivity contribution in [3.05, 3.63) is 108 Å². The van der Waals surface area contributed by atoms with Crippen LogP contribution in [0, 0.1) is 11.8 Å². The molecule has 11 heteroatoms. The first-order valence-electron chi connectivity index (χ1n) is 16.7. The fourth-order valence-corrected chi connectivity index (χ4v) is 6.59. The van der Waals surface area contributed by atoms with Gasteiger partial charge in [0.2, 0.25) is 17.7 Å². The van der Waals surface area contributed by atoms with E-state index in [0.717, 1.165) is 29.0 Å². The molecule has 0 bridgehead atoms. The van der Waals surface area contributed by atoms with Crippen molar-refractivity contribution >= 4 is 35.5 Å². The third-order valence-electron chi connectivity index (χ3n) is 8.85. The number of hydrogen-bond acceptors (Lipinski definition) is 8. The van der Waals surface area contributed by atoms with Gasteiger partial charge in [0, 0.05) is 73.5 Å². The van der Waals surface area contributed by atoms with Crippen molar-refractivity contribution in [1.29, 1.82) is 0 Å². The van der Waals surface area contributed by atoms with Crippen LogP contribution in [0.1, 0.15) is 39.0 Å². The average molecular weight is 689 g/mol. The summed E-state index contributed by atoms with van der Waals surface area (Å²) < 4.78 is 5.52. The van der Waals surface area contributed by atoms with Gasteiger partial charge < -0.3 is 25.8 Å². The van der Waals surface area contributed by atoms with Crippen LogP contribution in [0.2, 0.25) is 0 Å². The molecule has 0 spiro atoms. The van der Waals surface area contributed by atoms with Gasteiger partial charge in [0.05, 0.1) is 25.2 Å². The Morgan fingerprint density at radius 3 is 2.67 bits per heavy atom. The first-order valence-corrected chi connectivity index (χ1v) is 17.1. The minimum absolute atomic E-state index is 0.0330. The SMILES string of the molecule is C=C/C=C(C(\Cl)=C\[C@H]1C=CN2C(=O)C(CNC3CC(C)(O)C3)CN=C2C1)/C(/C=C/C=N/C(OC)=C(\C=C)CNC[C@@H]1CCC(=O)N1)=C/C=C. The maximum absolute atomic E-state index is 13.2. The van der Waals surface area contributed by atoms with Crippen LogP contribution < -0.4 is 16.0 Å². The van der Waals surface area contributed by atoms with Crippen LogP contribution in [0.3, 0.4) is 0 Å². The topological polar surface area (TPSA) is 128 Å². The van der Waals surface area contributed by atoms with E-state index in [4.69, 9.17) is 21.3 Å². The third-order valence-corrected chi connectivity index (χ3v) is 9.18. The van der Waals surface area contributed by atoms with Gasteiger partial charge in [-0.2, -0.15) is 0 Å². The summed E-state index contributed by atoms with van der Waals surface area (Å²) in [4.78, 5) is 35.6. The number of rotatable bonds is 17. The van der Waals surface area contributed by atoms with Crippen LogP contribution in [0.25, 0.3) is 0 Å². The van der Waals surface area contributed by atoms with E-state index in [9.17, 15) is 14.7 Å². The summed E-state index contributed by atoms with van der Waals surface area (Å²) in [5.41, 5.74) is 1.72. The highest BCUT2D eigenvalue weighted by molar-refractivity contribution is 6.32. The van der Waals surface area contributed by atoms with Crippen LogP contribution in [0.15, 0.2) is 118 Å². The first kappa shape index (κ1) is 37.7. The number of fused-ring (bicyclic) bond motifs is 1. The molecule has 10 nitrogen and oxygen atoms in total. The second-order valence-electron chi connectivity index (χ2n) is 12.9. The van der Waals surface area contributed by atoms with Crippen molar-refractivity contribution in [3.8, 4) is 0 Å². The number of aliphatic hydroxyl groups is 1. The van der Waals surface area contributed by atoms with E-state index in [2.05, 4.69) is 40.7 Å². The molecule has 3 aliphatic heterocycles. The molecule has 1 aliphatic carbocycles. The Morgan fingerprint density at radius 1 is 1.24 bits per heavy atom. The third kappa shape index (κ3) is 10.7. The second kappa shape index (κ2) is 18.1. The highest BCUT2D eigenvalue weighted by Gasteiger charge is 2.39. The highest BCUT2D eigenvalue weighted by atomic mass is 35.5. The standard InChI is InChI=1S/C38H49ClN6O4/c1-6-10-28(12-9-16-41-36(49-5)27(8-3)22-40-25-30-13-14-35(46)44-30)32(11-7-2)33(39)18-26-15-17-45-34(19-26)43-24-29(37(45)47)23-42-31-20-38(4,48)21-31/h6-12,15-18,26,29-31,40,42,48H,1-3,13-14,19-25H2,4-5H3,(H,44,46)/b12-9+,28-10+,32-11-,33-18-,36-27-,41-16+/t26-,29?,30+,31?,38?/m1/s1. The van der Waals surface area contributed by atoms with E-state index in [0.29, 0.717) is 62.8 Å². The summed E-state index contributed by atoms with van der Waals surface area (Å²) in [6.45, 7) is 15.6. The quantitative estimate of drug-likeness (QED) is 0.0991. The van der Waals surface area contributed by atoms with Crippen molar-refractivity contribution in [2.75, 3.05) is 33.3 Å². The van der Waals surface area contributed by atoms with Gasteiger partial charge in [-0.05, 0) is 43.4 Å². The van der Waals surface area contributed by atoms with Crippen LogP contribution in [0.5, 0.6) is 0 Å². The van der Waals surface area contributed by atoms with Gasteiger partial charge in [-0.25, -0.2) is 4.99 Å². The lowest BCUT2D eigenvalue weighted by atomic mass is 9.77. The number of halogens is 1. The summed E-state index contributed by atoms with van der Waals surface area (Å²) in [5.74, 6) is 0.980. The molecule has 0 aromatic rings. The van der Waals surface area contributed by atoms with Crippen molar-refractivity contribution in [2.24, 2.45) is 21.8 Å². The molecule has 2 amide bonds. The molecule has 0 aromatic heterocycles. The van der Waals surface area contributed by atoms with Crippen LogP contribution in [-0.2, 0) is 14.3 Å². The Kier molecular flexibility index (Phi) is 13.9. The van der Waals surface area contributed by atoms with E-state index in [1.165, 1.54) is 0 Å². The van der Waals surface area contributed by atoms with E-state index >= 15 is 0 Å². The fourth-order valence-electron chi connectivity index (χ4n) is 6.26. The average Bonchev–Trinajstić information content (AvgIpc) is 3.48. The number of hydrogen-bond donors (Lipinski definition) is 4. The zero-order valence-electron chi connectivity index (χ0n) is 28.5. The lowest BCUT2D eigenvalue weighted by Crippen LogP contribution is -2.55. The summed E-state index contributed by atoms with van der Waals surface area (Å²) in [5, 5.41) is 20.2. The zero-order chi connectivity index (χ0) is 35.4. The molecule has 4 aliphatic rings. The van der Waals surface area contributed by atoms with Gasteiger partial charge in [0.15, 0.2) is 0 Å². The molecule has 1 saturated heterocycles. The van der Waals surface area contributed by atoms with Crippen LogP contribution >= 0.6 is 11.6 Å². The highest BCUT2D eigenvalue weighted by Crippen LogP contribution is 2.32. The normalized spacial score (nSPS) is 28.2. The lowest BCUT2D eigenvalue weighted by Gasteiger charge is -2.42. The Bertz CT molecular complexity index is 1520. The molecular weight excluding hydrogens is 640 g/mol. The lowest BCUT2D eigenvalue weighted by molar-refractivity contribution is -0.130. The molecule has 0 radical (unpaired) electrons. The molecule has 49 heavy (non-hydrogen) atoms. The van der Waals surface area contributed by atoms with Crippen molar-refractivity contribution < 1.29 is 19.4 Å². The number of nitrogens with zero attached hydrogens (tertiary/aromatic N) is 3. The Morgan fingerprint density at radius 2 is 2.02 bits per heavy atom. The molecule has 262 valence electrons. The van der Waals surface area contributed by atoms with Gasteiger partial charge in [0.1, 0.15) is 5.84 Å². The number of aliphatic imine (C=N–C) groups is 2. The second-order valence-corrected chi connectivity index (χ2v) is 13.3. The summed E-state index contributed by atoms with van der Waals surface area (Å²) in [6.07, 6.45) is 23.1. The molecule has 1 unspecified atom stereocenters. The van der Waals surface area contributed by atoms with Gasteiger partial charge in [-0.3, -0.25) is 19.5 Å². The molecule has 4 rings (SSSR count). The molecule has 4 N–H and O–H groups in total. The molecule has 2 fully saturated rings. The number of amidine groups is 1. The number of nitrogens with one attached hydrogen (secondary N) is 3. The number of methoxy groups -OCH3 is 1. The van der Waals surface area contributed by atoms with Gasteiger partial charge in [0.25, 0.3) is 0 Å². The number of carbonyl (C=O) groups excluding carboxylic acids is 2. The van der Waals surface area contributed by atoms with Crippen molar-refractivity contribution in [2.45, 2.75) is 56.7 Å². The van der Waals surface area contributed by atoms with Gasteiger partial charge in [-0.15, -0.1) is 0 Å². The van der Waals surface area contributed by atoms with E-state index in [1.807, 2.05) is 37.3 Å². The monoisotopic (exact) mass is 688 g/mol. The largest absolute Gasteiger partial charge is 0.481 e. The number of carbonyl (C=O) groups is 2. The number of amides is 2. The maximum atomic E-state index is 13.2. The van der Waals surface area contributed by atoms with Crippen molar-refractivity contribution in [3.63, 3.8) is 0 Å².